The average Bonchev–Trinajstić information content (AvgIpc) is 2.90. The van der Waals surface area contributed by atoms with Crippen LogP contribution < -0.4 is 4.74 Å². The van der Waals surface area contributed by atoms with Crippen LogP contribution in [0.4, 0.5) is 0 Å². The monoisotopic (exact) mass is 259 g/mol. The third kappa shape index (κ3) is 2.59. The highest BCUT2D eigenvalue weighted by Gasteiger charge is 2.20. The predicted molar refractivity (Wildman–Crippen MR) is 72.8 cm³/mol. The van der Waals surface area contributed by atoms with E-state index in [1.54, 1.807) is 22.8 Å². The maximum atomic E-state index is 12.2. The van der Waals surface area contributed by atoms with E-state index in [0.717, 1.165) is 5.69 Å². The summed E-state index contributed by atoms with van der Waals surface area (Å²) in [7, 11) is 3.28. The first kappa shape index (κ1) is 13.1. The van der Waals surface area contributed by atoms with E-state index in [9.17, 15) is 4.79 Å². The van der Waals surface area contributed by atoms with Gasteiger partial charge in [-0.05, 0) is 19.1 Å². The van der Waals surface area contributed by atoms with Crippen molar-refractivity contribution in [3.8, 4) is 11.4 Å². The Bertz CT molecular complexity index is 563. The van der Waals surface area contributed by atoms with E-state index < -0.39 is 0 Å². The van der Waals surface area contributed by atoms with Crippen molar-refractivity contribution in [2.24, 2.45) is 0 Å². The number of rotatable bonds is 4. The number of hydrogen-bond donors (Lipinski definition) is 0. The molecule has 0 N–H and O–H groups in total. The third-order valence-corrected chi connectivity index (χ3v) is 2.94. The van der Waals surface area contributed by atoms with Crippen LogP contribution >= 0.6 is 0 Å². The Morgan fingerprint density at radius 1 is 1.37 bits per heavy atom. The summed E-state index contributed by atoms with van der Waals surface area (Å²) in [6.45, 7) is 2.54. The summed E-state index contributed by atoms with van der Waals surface area (Å²) in [6, 6.07) is 9.61. The number of amides is 1. The van der Waals surface area contributed by atoms with Gasteiger partial charge in [0, 0.05) is 13.6 Å². The van der Waals surface area contributed by atoms with E-state index in [4.69, 9.17) is 4.74 Å². The van der Waals surface area contributed by atoms with Crippen molar-refractivity contribution in [1.29, 1.82) is 0 Å². The largest absolute Gasteiger partial charge is 0.493 e. The lowest BCUT2D eigenvalue weighted by molar-refractivity contribution is 0.0793. The van der Waals surface area contributed by atoms with Crippen molar-refractivity contribution in [3.63, 3.8) is 0 Å². The fraction of sp³-hybridized carbons (Fsp3) is 0.286. The van der Waals surface area contributed by atoms with Crippen LogP contribution in [0.5, 0.6) is 5.75 Å². The van der Waals surface area contributed by atoms with Gasteiger partial charge in [0.1, 0.15) is 0 Å². The van der Waals surface area contributed by atoms with Crippen LogP contribution in [0.3, 0.4) is 0 Å². The molecule has 19 heavy (non-hydrogen) atoms. The SMILES string of the molecule is CCN(C)C(=O)c1nn(-c2ccccc2)cc1OC. The Morgan fingerprint density at radius 2 is 2.05 bits per heavy atom. The van der Waals surface area contributed by atoms with Crippen LogP contribution in [0.1, 0.15) is 17.4 Å². The van der Waals surface area contributed by atoms with E-state index in [0.29, 0.717) is 18.0 Å². The Balaban J connectivity index is 2.41. The van der Waals surface area contributed by atoms with Crippen molar-refractivity contribution < 1.29 is 9.53 Å². The molecule has 0 bridgehead atoms. The lowest BCUT2D eigenvalue weighted by Crippen LogP contribution is -2.27. The second-order valence-corrected chi connectivity index (χ2v) is 4.15. The van der Waals surface area contributed by atoms with E-state index in [1.807, 2.05) is 37.3 Å². The standard InChI is InChI=1S/C14H17N3O2/c1-4-16(2)14(18)13-12(19-3)10-17(15-13)11-8-6-5-7-9-11/h5-10H,4H2,1-3H3. The van der Waals surface area contributed by atoms with E-state index >= 15 is 0 Å². The van der Waals surface area contributed by atoms with Crippen molar-refractivity contribution in [2.75, 3.05) is 20.7 Å². The van der Waals surface area contributed by atoms with Crippen LogP contribution in [-0.4, -0.2) is 41.3 Å². The summed E-state index contributed by atoms with van der Waals surface area (Å²) < 4.78 is 6.88. The average molecular weight is 259 g/mol. The van der Waals surface area contributed by atoms with Gasteiger partial charge in [-0.1, -0.05) is 18.2 Å². The smallest absolute Gasteiger partial charge is 0.277 e. The molecule has 0 radical (unpaired) electrons. The molecule has 5 heteroatoms. The molecule has 0 aliphatic rings. The van der Waals surface area contributed by atoms with Gasteiger partial charge in [0.05, 0.1) is 19.0 Å². The number of methoxy groups -OCH3 is 1. The second-order valence-electron chi connectivity index (χ2n) is 4.15. The lowest BCUT2D eigenvalue weighted by Gasteiger charge is -2.12. The van der Waals surface area contributed by atoms with Gasteiger partial charge in [0.15, 0.2) is 11.4 Å². The highest BCUT2D eigenvalue weighted by molar-refractivity contribution is 5.94. The van der Waals surface area contributed by atoms with Gasteiger partial charge >= 0.3 is 0 Å². The van der Waals surface area contributed by atoms with Gasteiger partial charge < -0.3 is 9.64 Å². The van der Waals surface area contributed by atoms with Gasteiger partial charge in [-0.2, -0.15) is 5.10 Å². The molecule has 0 saturated carbocycles. The summed E-state index contributed by atoms with van der Waals surface area (Å²) in [4.78, 5) is 13.8. The molecule has 0 aliphatic heterocycles. The van der Waals surface area contributed by atoms with Crippen molar-refractivity contribution in [1.82, 2.24) is 14.7 Å². The zero-order valence-corrected chi connectivity index (χ0v) is 11.3. The minimum absolute atomic E-state index is 0.144. The Kier molecular flexibility index (Phi) is 3.85. The zero-order chi connectivity index (χ0) is 13.8. The van der Waals surface area contributed by atoms with Gasteiger partial charge in [0.25, 0.3) is 5.91 Å². The zero-order valence-electron chi connectivity index (χ0n) is 11.3. The van der Waals surface area contributed by atoms with E-state index in [2.05, 4.69) is 5.10 Å². The molecule has 1 heterocycles. The molecule has 0 fully saturated rings. The van der Waals surface area contributed by atoms with Crippen molar-refractivity contribution in [2.45, 2.75) is 6.92 Å². The van der Waals surface area contributed by atoms with Gasteiger partial charge in [0.2, 0.25) is 0 Å². The molecule has 0 spiro atoms. The summed E-state index contributed by atoms with van der Waals surface area (Å²) in [6.07, 6.45) is 1.71. The minimum Gasteiger partial charge on any atom is -0.493 e. The molecule has 5 nitrogen and oxygen atoms in total. The number of carbonyl (C=O) groups excluding carboxylic acids is 1. The summed E-state index contributed by atoms with van der Waals surface area (Å²) >= 11 is 0. The van der Waals surface area contributed by atoms with Crippen LogP contribution in [0, 0.1) is 0 Å². The molecule has 0 unspecified atom stereocenters. The van der Waals surface area contributed by atoms with E-state index in [1.165, 1.54) is 7.11 Å². The molecule has 100 valence electrons. The molecular weight excluding hydrogens is 242 g/mol. The number of hydrogen-bond acceptors (Lipinski definition) is 3. The van der Waals surface area contributed by atoms with Gasteiger partial charge in [-0.3, -0.25) is 4.79 Å². The summed E-state index contributed by atoms with van der Waals surface area (Å²) in [5.41, 5.74) is 1.22. The lowest BCUT2D eigenvalue weighted by atomic mass is 10.3. The van der Waals surface area contributed by atoms with Gasteiger partial charge in [-0.25, -0.2) is 4.68 Å². The van der Waals surface area contributed by atoms with E-state index in [-0.39, 0.29) is 5.91 Å². The minimum atomic E-state index is -0.144. The molecule has 1 amide bonds. The number of aromatic nitrogens is 2. The Morgan fingerprint density at radius 3 is 2.63 bits per heavy atom. The molecule has 0 saturated heterocycles. The molecule has 1 aromatic carbocycles. The molecule has 0 aliphatic carbocycles. The molecule has 0 atom stereocenters. The normalized spacial score (nSPS) is 10.3. The molecule has 1 aromatic heterocycles. The fourth-order valence-corrected chi connectivity index (χ4v) is 1.69. The summed E-state index contributed by atoms with van der Waals surface area (Å²) in [5, 5.41) is 4.32. The number of para-hydroxylation sites is 1. The van der Waals surface area contributed by atoms with Crippen LogP contribution in [0.2, 0.25) is 0 Å². The Hall–Kier alpha value is -2.30. The summed E-state index contributed by atoms with van der Waals surface area (Å²) in [5.74, 6) is 0.336. The Labute approximate surface area is 112 Å². The maximum absolute atomic E-state index is 12.2. The molecular formula is C14H17N3O2. The van der Waals surface area contributed by atoms with Crippen LogP contribution in [-0.2, 0) is 0 Å². The van der Waals surface area contributed by atoms with Gasteiger partial charge in [-0.15, -0.1) is 0 Å². The highest BCUT2D eigenvalue weighted by Crippen LogP contribution is 2.20. The molecule has 2 aromatic rings. The highest BCUT2D eigenvalue weighted by atomic mass is 16.5. The number of nitrogens with zero attached hydrogens (tertiary/aromatic N) is 3. The van der Waals surface area contributed by atoms with Crippen molar-refractivity contribution in [3.05, 3.63) is 42.2 Å². The predicted octanol–water partition coefficient (Wildman–Crippen LogP) is 1.97. The van der Waals surface area contributed by atoms with Crippen LogP contribution in [0.25, 0.3) is 5.69 Å². The first-order valence-corrected chi connectivity index (χ1v) is 6.12. The maximum Gasteiger partial charge on any atom is 0.277 e. The van der Waals surface area contributed by atoms with Crippen molar-refractivity contribution >= 4 is 5.91 Å². The fourth-order valence-electron chi connectivity index (χ4n) is 1.69. The number of carbonyl (C=O) groups is 1. The topological polar surface area (TPSA) is 47.4 Å². The first-order valence-electron chi connectivity index (χ1n) is 6.12. The number of ether oxygens (including phenoxy) is 1. The third-order valence-electron chi connectivity index (χ3n) is 2.94. The quantitative estimate of drug-likeness (QED) is 0.843. The van der Waals surface area contributed by atoms with Crippen LogP contribution in [0.15, 0.2) is 36.5 Å². The molecule has 2 rings (SSSR count). The first-order chi connectivity index (χ1) is 9.17. The number of benzene rings is 1. The second kappa shape index (κ2) is 5.56.